The van der Waals surface area contributed by atoms with E-state index < -0.39 is 12.2 Å². The Balaban J connectivity index is 1.62. The molecule has 156 valence electrons. The molecule has 2 atom stereocenters. The van der Waals surface area contributed by atoms with Crippen molar-refractivity contribution in [3.05, 3.63) is 71.8 Å². The number of imide groups is 1. The van der Waals surface area contributed by atoms with Crippen LogP contribution in [0.3, 0.4) is 0 Å². The second-order valence-electron chi connectivity index (χ2n) is 7.85. The van der Waals surface area contributed by atoms with E-state index in [2.05, 4.69) is 34.1 Å². The van der Waals surface area contributed by atoms with Crippen molar-refractivity contribution in [1.82, 2.24) is 19.6 Å². The maximum absolute atomic E-state index is 13.1. The van der Waals surface area contributed by atoms with Gasteiger partial charge in [-0.2, -0.15) is 0 Å². The minimum absolute atomic E-state index is 0.206. The Morgan fingerprint density at radius 3 is 2.17 bits per heavy atom. The number of guanidine groups is 1. The third kappa shape index (κ3) is 3.63. The number of hydrogen-bond acceptors (Lipinski definition) is 5. The van der Waals surface area contributed by atoms with Crippen molar-refractivity contribution in [3.63, 3.8) is 0 Å². The molecule has 2 aliphatic heterocycles. The fourth-order valence-corrected chi connectivity index (χ4v) is 4.13. The molecule has 1 fully saturated rings. The summed E-state index contributed by atoms with van der Waals surface area (Å²) < 4.78 is 0. The highest BCUT2D eigenvalue weighted by atomic mass is 16.2. The fraction of sp³-hybridized carbons (Fsp3) is 0.348. The lowest BCUT2D eigenvalue weighted by Gasteiger charge is -2.40. The van der Waals surface area contributed by atoms with Crippen LogP contribution in [0.25, 0.3) is 0 Å². The number of amides is 3. The number of rotatable bonds is 5. The third-order valence-electron chi connectivity index (χ3n) is 5.78. The maximum Gasteiger partial charge on any atom is 0.328 e. The molecular weight excluding hydrogens is 378 g/mol. The van der Waals surface area contributed by atoms with Gasteiger partial charge in [0.05, 0.1) is 0 Å². The van der Waals surface area contributed by atoms with Crippen LogP contribution in [0.4, 0.5) is 4.79 Å². The van der Waals surface area contributed by atoms with E-state index in [1.807, 2.05) is 43.4 Å². The van der Waals surface area contributed by atoms with Crippen molar-refractivity contribution in [2.24, 2.45) is 4.99 Å². The summed E-state index contributed by atoms with van der Waals surface area (Å²) in [4.78, 5) is 37.2. The number of carbonyl (C=O) groups is 2. The van der Waals surface area contributed by atoms with Gasteiger partial charge in [0.25, 0.3) is 5.91 Å². The molecule has 0 aromatic heterocycles. The average molecular weight is 406 g/mol. The van der Waals surface area contributed by atoms with Crippen molar-refractivity contribution in [3.8, 4) is 0 Å². The van der Waals surface area contributed by atoms with E-state index in [4.69, 9.17) is 4.99 Å². The van der Waals surface area contributed by atoms with Crippen LogP contribution in [-0.4, -0.2) is 77.4 Å². The van der Waals surface area contributed by atoms with Crippen LogP contribution >= 0.6 is 0 Å². The van der Waals surface area contributed by atoms with Gasteiger partial charge in [0.1, 0.15) is 0 Å². The zero-order valence-electron chi connectivity index (χ0n) is 17.6. The number of carbonyl (C=O) groups excluding carboxylic acids is 2. The van der Waals surface area contributed by atoms with Gasteiger partial charge < -0.3 is 14.7 Å². The molecule has 1 saturated heterocycles. The molecule has 2 aromatic rings. The number of likely N-dealkylation sites (N-methyl/N-ethyl adjacent to an activating group) is 2. The molecule has 0 bridgehead atoms. The predicted octanol–water partition coefficient (Wildman–Crippen LogP) is 2.25. The van der Waals surface area contributed by atoms with Gasteiger partial charge in [-0.3, -0.25) is 9.69 Å². The molecular formula is C23H27N5O2. The van der Waals surface area contributed by atoms with Crippen molar-refractivity contribution in [2.45, 2.75) is 25.2 Å². The second-order valence-corrected chi connectivity index (χ2v) is 7.85. The normalized spacial score (nSPS) is 21.0. The smallest absolute Gasteiger partial charge is 0.328 e. The highest BCUT2D eigenvalue weighted by Crippen LogP contribution is 2.28. The number of urea groups is 1. The van der Waals surface area contributed by atoms with Gasteiger partial charge in [-0.1, -0.05) is 60.7 Å². The number of hydrogen-bond donors (Lipinski definition) is 0. The Labute approximate surface area is 177 Å². The zero-order valence-corrected chi connectivity index (χ0v) is 17.6. The number of benzene rings is 2. The Hall–Kier alpha value is -3.35. The summed E-state index contributed by atoms with van der Waals surface area (Å²) >= 11 is 0. The van der Waals surface area contributed by atoms with Gasteiger partial charge in [-0.05, 0) is 17.5 Å². The molecule has 2 heterocycles. The van der Waals surface area contributed by atoms with E-state index >= 15 is 0 Å². The Kier molecular flexibility index (Phi) is 5.44. The van der Waals surface area contributed by atoms with Crippen LogP contribution in [0.5, 0.6) is 0 Å². The molecule has 0 radical (unpaired) electrons. The van der Waals surface area contributed by atoms with Crippen LogP contribution in [0.15, 0.2) is 65.7 Å². The first kappa shape index (κ1) is 19.9. The number of nitrogens with zero attached hydrogens (tertiary/aromatic N) is 5. The van der Waals surface area contributed by atoms with Crippen molar-refractivity contribution < 1.29 is 9.59 Å². The summed E-state index contributed by atoms with van der Waals surface area (Å²) in [6.45, 7) is 1.31. The van der Waals surface area contributed by atoms with Gasteiger partial charge in [0.15, 0.2) is 18.2 Å². The van der Waals surface area contributed by atoms with Gasteiger partial charge >= 0.3 is 6.03 Å². The van der Waals surface area contributed by atoms with Crippen molar-refractivity contribution >= 4 is 17.9 Å². The highest BCUT2D eigenvalue weighted by molar-refractivity contribution is 6.03. The molecule has 2 aromatic carbocycles. The lowest BCUT2D eigenvalue weighted by atomic mass is 10.1. The Bertz CT molecular complexity index is 947. The number of fused-ring (bicyclic) bond motifs is 1. The molecule has 0 N–H and O–H groups in total. The molecule has 7 nitrogen and oxygen atoms in total. The fourth-order valence-electron chi connectivity index (χ4n) is 4.13. The van der Waals surface area contributed by atoms with Crippen molar-refractivity contribution in [1.29, 1.82) is 0 Å². The van der Waals surface area contributed by atoms with E-state index in [0.29, 0.717) is 13.1 Å². The minimum Gasteiger partial charge on any atom is -0.341 e. The molecule has 0 spiro atoms. The van der Waals surface area contributed by atoms with Crippen molar-refractivity contribution in [2.75, 3.05) is 27.7 Å². The van der Waals surface area contributed by atoms with Crippen LogP contribution in [0.2, 0.25) is 0 Å². The predicted molar refractivity (Wildman–Crippen MR) is 116 cm³/mol. The van der Waals surface area contributed by atoms with Gasteiger partial charge in [0.2, 0.25) is 0 Å². The second kappa shape index (κ2) is 8.18. The summed E-state index contributed by atoms with van der Waals surface area (Å²) in [5.41, 5.74) is 2.36. The first-order chi connectivity index (χ1) is 14.5. The van der Waals surface area contributed by atoms with E-state index in [9.17, 15) is 9.59 Å². The van der Waals surface area contributed by atoms with Gasteiger partial charge in [0, 0.05) is 34.2 Å². The molecule has 3 amide bonds. The van der Waals surface area contributed by atoms with Gasteiger partial charge in [-0.25, -0.2) is 9.79 Å². The quantitative estimate of drug-likeness (QED) is 0.766. The lowest BCUT2D eigenvalue weighted by Crippen LogP contribution is -2.64. The molecule has 7 heteroatoms. The summed E-state index contributed by atoms with van der Waals surface area (Å²) in [5, 5.41) is 0. The minimum atomic E-state index is -0.509. The van der Waals surface area contributed by atoms with Crippen LogP contribution in [0.1, 0.15) is 11.1 Å². The van der Waals surface area contributed by atoms with Crippen LogP contribution in [0, 0.1) is 0 Å². The summed E-state index contributed by atoms with van der Waals surface area (Å²) in [6.07, 6.45) is 0.280. The average Bonchev–Trinajstić information content (AvgIpc) is 3.16. The topological polar surface area (TPSA) is 59.5 Å². The SMILES string of the molecule is CN(Cc1ccccc1)C1=NC2C(C(=O)N(C)C(=O)N2C)N1CCc1ccccc1. The van der Waals surface area contributed by atoms with E-state index in [1.165, 1.54) is 10.5 Å². The van der Waals surface area contributed by atoms with Crippen LogP contribution < -0.4 is 0 Å². The summed E-state index contributed by atoms with van der Waals surface area (Å²) in [5.74, 6) is 0.538. The summed E-state index contributed by atoms with van der Waals surface area (Å²) in [7, 11) is 5.23. The molecule has 0 aliphatic carbocycles. The monoisotopic (exact) mass is 405 g/mol. The molecule has 30 heavy (non-hydrogen) atoms. The van der Waals surface area contributed by atoms with Gasteiger partial charge in [-0.15, -0.1) is 0 Å². The van der Waals surface area contributed by atoms with E-state index in [0.717, 1.165) is 17.9 Å². The third-order valence-corrected chi connectivity index (χ3v) is 5.78. The number of aliphatic imine (C=N–C) groups is 1. The highest BCUT2D eigenvalue weighted by Gasteiger charge is 2.51. The lowest BCUT2D eigenvalue weighted by molar-refractivity contribution is -0.136. The Morgan fingerprint density at radius 1 is 0.933 bits per heavy atom. The standard InChI is InChI=1S/C23H27N5O2/c1-25(16-18-12-8-5-9-13-18)22-24-20-19(21(29)27(3)23(30)26(20)2)28(22)15-14-17-10-6-4-7-11-17/h4-13,19-20H,14-16H2,1-3H3. The first-order valence-electron chi connectivity index (χ1n) is 10.1. The molecule has 2 aliphatic rings. The largest absolute Gasteiger partial charge is 0.341 e. The Morgan fingerprint density at radius 2 is 1.53 bits per heavy atom. The molecule has 0 saturated carbocycles. The van der Waals surface area contributed by atoms with E-state index in [1.54, 1.807) is 19.0 Å². The zero-order chi connectivity index (χ0) is 21.3. The first-order valence-corrected chi connectivity index (χ1v) is 10.1. The maximum atomic E-state index is 13.1. The van der Waals surface area contributed by atoms with Crippen LogP contribution in [-0.2, 0) is 17.8 Å². The van der Waals surface area contributed by atoms with E-state index in [-0.39, 0.29) is 11.9 Å². The molecule has 4 rings (SSSR count). The molecule has 2 unspecified atom stereocenters. The summed E-state index contributed by atoms with van der Waals surface area (Å²) in [6, 6.07) is 19.5.